The summed E-state index contributed by atoms with van der Waals surface area (Å²) in [7, 11) is 0. The number of hydrogen-bond acceptors (Lipinski definition) is 3. The zero-order valence-corrected chi connectivity index (χ0v) is 15.5. The van der Waals surface area contributed by atoms with Gasteiger partial charge in [0.2, 0.25) is 0 Å². The van der Waals surface area contributed by atoms with Gasteiger partial charge in [0.05, 0.1) is 0 Å². The van der Waals surface area contributed by atoms with Crippen molar-refractivity contribution in [2.24, 2.45) is 0 Å². The SMILES string of the molecule is CCCCNC(=O)/C(C#N)=C/c1cc(-c2cccc3ccccc23)cs1. The number of amides is 1. The minimum atomic E-state index is -0.305. The Morgan fingerprint density at radius 2 is 2.04 bits per heavy atom. The van der Waals surface area contributed by atoms with E-state index < -0.39 is 0 Å². The summed E-state index contributed by atoms with van der Waals surface area (Å²) in [6.45, 7) is 2.66. The second kappa shape index (κ2) is 8.46. The standard InChI is InChI=1S/C22H20N2OS/c1-2-3-11-24-22(25)17(14-23)12-19-13-18(15-26-19)21-10-6-8-16-7-4-5-9-20(16)21/h4-10,12-13,15H,2-3,11H2,1H3,(H,24,25)/b17-12+. The highest BCUT2D eigenvalue weighted by atomic mass is 32.1. The van der Waals surface area contributed by atoms with Gasteiger partial charge < -0.3 is 5.32 Å². The smallest absolute Gasteiger partial charge is 0.261 e. The van der Waals surface area contributed by atoms with E-state index in [0.717, 1.165) is 28.8 Å². The first-order valence-electron chi connectivity index (χ1n) is 8.69. The molecule has 3 rings (SSSR count). The third-order valence-electron chi connectivity index (χ3n) is 4.19. The summed E-state index contributed by atoms with van der Waals surface area (Å²) in [5.41, 5.74) is 2.40. The molecule has 0 radical (unpaired) electrons. The molecule has 1 heterocycles. The number of rotatable bonds is 6. The minimum Gasteiger partial charge on any atom is -0.351 e. The van der Waals surface area contributed by atoms with Crippen LogP contribution in [0.25, 0.3) is 28.0 Å². The van der Waals surface area contributed by atoms with Crippen molar-refractivity contribution in [2.75, 3.05) is 6.54 Å². The van der Waals surface area contributed by atoms with Gasteiger partial charge in [0.25, 0.3) is 5.91 Å². The first kappa shape index (κ1) is 17.9. The van der Waals surface area contributed by atoms with Crippen molar-refractivity contribution in [3.05, 3.63) is 64.4 Å². The van der Waals surface area contributed by atoms with Crippen LogP contribution in [-0.2, 0) is 4.79 Å². The molecular formula is C22H20N2OS. The van der Waals surface area contributed by atoms with Gasteiger partial charge in [-0.2, -0.15) is 5.26 Å². The van der Waals surface area contributed by atoms with E-state index in [2.05, 4.69) is 41.9 Å². The number of carbonyl (C=O) groups is 1. The Morgan fingerprint density at radius 1 is 1.23 bits per heavy atom. The van der Waals surface area contributed by atoms with Crippen LogP contribution in [0.4, 0.5) is 0 Å². The Kier molecular flexibility index (Phi) is 5.83. The number of thiophene rings is 1. The number of hydrogen-bond donors (Lipinski definition) is 1. The van der Waals surface area contributed by atoms with Gasteiger partial charge in [-0.05, 0) is 45.8 Å². The van der Waals surface area contributed by atoms with Gasteiger partial charge in [0, 0.05) is 11.4 Å². The molecule has 0 atom stereocenters. The topological polar surface area (TPSA) is 52.9 Å². The summed E-state index contributed by atoms with van der Waals surface area (Å²) >= 11 is 1.53. The molecule has 2 aromatic carbocycles. The Balaban J connectivity index is 1.87. The van der Waals surface area contributed by atoms with Gasteiger partial charge in [-0.1, -0.05) is 55.8 Å². The highest BCUT2D eigenvalue weighted by Crippen LogP contribution is 2.32. The molecule has 0 bridgehead atoms. The van der Waals surface area contributed by atoms with Crippen LogP contribution in [-0.4, -0.2) is 12.5 Å². The van der Waals surface area contributed by atoms with Gasteiger partial charge >= 0.3 is 0 Å². The Bertz CT molecular complexity index is 989. The number of benzene rings is 2. The molecule has 0 spiro atoms. The summed E-state index contributed by atoms with van der Waals surface area (Å²) < 4.78 is 0. The molecule has 3 nitrogen and oxygen atoms in total. The molecule has 4 heteroatoms. The van der Waals surface area contributed by atoms with Crippen LogP contribution in [0.15, 0.2) is 59.5 Å². The highest BCUT2D eigenvalue weighted by molar-refractivity contribution is 7.11. The normalized spacial score (nSPS) is 11.3. The maximum atomic E-state index is 12.1. The maximum absolute atomic E-state index is 12.1. The molecule has 26 heavy (non-hydrogen) atoms. The number of fused-ring (bicyclic) bond motifs is 1. The lowest BCUT2D eigenvalue weighted by molar-refractivity contribution is -0.117. The fourth-order valence-corrected chi connectivity index (χ4v) is 3.65. The van der Waals surface area contributed by atoms with Crippen molar-refractivity contribution in [2.45, 2.75) is 19.8 Å². The average molecular weight is 360 g/mol. The van der Waals surface area contributed by atoms with E-state index in [4.69, 9.17) is 0 Å². The lowest BCUT2D eigenvalue weighted by atomic mass is 10.00. The number of nitriles is 1. The first-order valence-corrected chi connectivity index (χ1v) is 9.57. The monoisotopic (exact) mass is 360 g/mol. The van der Waals surface area contributed by atoms with Crippen LogP contribution in [0.5, 0.6) is 0 Å². The van der Waals surface area contributed by atoms with Gasteiger partial charge in [0.15, 0.2) is 0 Å². The van der Waals surface area contributed by atoms with E-state index in [1.54, 1.807) is 6.08 Å². The quantitative estimate of drug-likeness (QED) is 0.364. The Labute approximate surface area is 157 Å². The van der Waals surface area contributed by atoms with Crippen LogP contribution in [0.1, 0.15) is 24.6 Å². The summed E-state index contributed by atoms with van der Waals surface area (Å²) in [6, 6.07) is 18.6. The predicted octanol–water partition coefficient (Wildman–Crippen LogP) is 5.39. The third kappa shape index (κ3) is 4.01. The van der Waals surface area contributed by atoms with Gasteiger partial charge in [-0.3, -0.25) is 4.79 Å². The zero-order chi connectivity index (χ0) is 18.4. The van der Waals surface area contributed by atoms with Crippen molar-refractivity contribution in [3.63, 3.8) is 0 Å². The summed E-state index contributed by atoms with van der Waals surface area (Å²) in [6.07, 6.45) is 3.58. The maximum Gasteiger partial charge on any atom is 0.261 e. The molecule has 0 aliphatic heterocycles. The Morgan fingerprint density at radius 3 is 2.85 bits per heavy atom. The molecule has 0 aliphatic rings. The molecule has 0 saturated heterocycles. The van der Waals surface area contributed by atoms with E-state index in [0.29, 0.717) is 6.54 Å². The lowest BCUT2D eigenvalue weighted by Gasteiger charge is -2.04. The van der Waals surface area contributed by atoms with E-state index in [9.17, 15) is 10.1 Å². The molecular weight excluding hydrogens is 340 g/mol. The van der Waals surface area contributed by atoms with E-state index >= 15 is 0 Å². The van der Waals surface area contributed by atoms with Crippen LogP contribution in [0.2, 0.25) is 0 Å². The van der Waals surface area contributed by atoms with Crippen molar-refractivity contribution in [3.8, 4) is 17.2 Å². The van der Waals surface area contributed by atoms with Gasteiger partial charge in [0.1, 0.15) is 11.6 Å². The molecule has 130 valence electrons. The molecule has 0 fully saturated rings. The van der Waals surface area contributed by atoms with E-state index in [1.807, 2.05) is 30.3 Å². The predicted molar refractivity (Wildman–Crippen MR) is 109 cm³/mol. The Hall–Kier alpha value is -2.90. The number of unbranched alkanes of at least 4 members (excludes halogenated alkanes) is 1. The fourth-order valence-electron chi connectivity index (χ4n) is 2.81. The van der Waals surface area contributed by atoms with Gasteiger partial charge in [-0.25, -0.2) is 0 Å². The summed E-state index contributed by atoms with van der Waals surface area (Å²) in [4.78, 5) is 13.0. The van der Waals surface area contributed by atoms with E-state index in [-0.39, 0.29) is 11.5 Å². The lowest BCUT2D eigenvalue weighted by Crippen LogP contribution is -2.25. The number of nitrogens with one attached hydrogen (secondary N) is 1. The molecule has 0 unspecified atom stereocenters. The second-order valence-electron chi connectivity index (χ2n) is 6.04. The van der Waals surface area contributed by atoms with Gasteiger partial charge in [-0.15, -0.1) is 11.3 Å². The zero-order valence-electron chi connectivity index (χ0n) is 14.7. The van der Waals surface area contributed by atoms with Crippen molar-refractivity contribution < 1.29 is 4.79 Å². The average Bonchev–Trinajstić information content (AvgIpc) is 3.14. The van der Waals surface area contributed by atoms with Crippen LogP contribution >= 0.6 is 11.3 Å². The molecule has 3 aromatic rings. The van der Waals surface area contributed by atoms with Crippen molar-refractivity contribution >= 4 is 34.1 Å². The van der Waals surface area contributed by atoms with Crippen LogP contribution in [0, 0.1) is 11.3 Å². The second-order valence-corrected chi connectivity index (χ2v) is 6.99. The molecule has 1 N–H and O–H groups in total. The summed E-state index contributed by atoms with van der Waals surface area (Å²) in [5.74, 6) is -0.305. The van der Waals surface area contributed by atoms with E-state index in [1.165, 1.54) is 22.1 Å². The fraction of sp³-hybridized carbons (Fsp3) is 0.182. The van der Waals surface area contributed by atoms with Crippen molar-refractivity contribution in [1.29, 1.82) is 5.26 Å². The molecule has 1 amide bonds. The van der Waals surface area contributed by atoms with Crippen LogP contribution < -0.4 is 5.32 Å². The molecule has 0 aliphatic carbocycles. The first-order chi connectivity index (χ1) is 12.7. The summed E-state index contributed by atoms with van der Waals surface area (Å²) in [5, 5.41) is 16.6. The highest BCUT2D eigenvalue weighted by Gasteiger charge is 2.10. The number of nitrogens with zero attached hydrogens (tertiary/aromatic N) is 1. The largest absolute Gasteiger partial charge is 0.351 e. The van der Waals surface area contributed by atoms with Crippen molar-refractivity contribution in [1.82, 2.24) is 5.32 Å². The molecule has 1 aromatic heterocycles. The minimum absolute atomic E-state index is 0.146. The third-order valence-corrected chi connectivity index (χ3v) is 5.07. The number of carbonyl (C=O) groups excluding carboxylic acids is 1. The molecule has 0 saturated carbocycles. The van der Waals surface area contributed by atoms with Crippen LogP contribution in [0.3, 0.4) is 0 Å².